The maximum Gasteiger partial charge on any atom is 0.168 e. The first-order valence-corrected chi connectivity index (χ1v) is 8.53. The third kappa shape index (κ3) is 5.97. The number of nitrogens with zero attached hydrogens (tertiary/aromatic N) is 2. The topological polar surface area (TPSA) is 37.0 Å². The average molecular weight is 337 g/mol. The fraction of sp³-hybridized carbons (Fsp3) is 0.588. The highest BCUT2D eigenvalue weighted by Gasteiger charge is 2.13. The minimum Gasteiger partial charge on any atom is -0.497 e. The van der Waals surface area contributed by atoms with E-state index < -0.39 is 0 Å². The van der Waals surface area contributed by atoms with Crippen molar-refractivity contribution in [2.45, 2.75) is 13.0 Å². The molecule has 0 unspecified atom stereocenters. The van der Waals surface area contributed by atoms with Gasteiger partial charge in [-0.15, -0.1) is 0 Å². The summed E-state index contributed by atoms with van der Waals surface area (Å²) in [6, 6.07) is 8.15. The van der Waals surface area contributed by atoms with Crippen LogP contribution in [0.4, 0.5) is 0 Å². The fourth-order valence-corrected chi connectivity index (χ4v) is 2.87. The van der Waals surface area contributed by atoms with Gasteiger partial charge in [0.15, 0.2) is 5.11 Å². The van der Waals surface area contributed by atoms with Crippen LogP contribution in [0.2, 0.25) is 0 Å². The number of benzene rings is 1. The molecular weight excluding hydrogens is 310 g/mol. The van der Waals surface area contributed by atoms with Crippen LogP contribution >= 0.6 is 12.2 Å². The average Bonchev–Trinajstić information content (AvgIpc) is 2.61. The van der Waals surface area contributed by atoms with Crippen molar-refractivity contribution in [3.63, 3.8) is 0 Å². The summed E-state index contributed by atoms with van der Waals surface area (Å²) in [6.07, 6.45) is 1.09. The van der Waals surface area contributed by atoms with Gasteiger partial charge in [0.05, 0.1) is 20.3 Å². The van der Waals surface area contributed by atoms with Crippen molar-refractivity contribution in [1.82, 2.24) is 15.1 Å². The predicted octanol–water partition coefficient (Wildman–Crippen LogP) is 1.72. The zero-order valence-electron chi connectivity index (χ0n) is 14.1. The predicted molar refractivity (Wildman–Crippen MR) is 96.9 cm³/mol. The fourth-order valence-electron chi connectivity index (χ4n) is 2.71. The Morgan fingerprint density at radius 2 is 2.17 bits per heavy atom. The van der Waals surface area contributed by atoms with Crippen LogP contribution in [0.1, 0.15) is 12.0 Å². The van der Waals surface area contributed by atoms with Crippen molar-refractivity contribution in [3.8, 4) is 5.75 Å². The molecule has 1 aliphatic rings. The van der Waals surface area contributed by atoms with E-state index in [2.05, 4.69) is 27.2 Å². The number of hydrogen-bond donors (Lipinski definition) is 1. The van der Waals surface area contributed by atoms with E-state index >= 15 is 0 Å². The van der Waals surface area contributed by atoms with E-state index in [9.17, 15) is 0 Å². The molecule has 1 aliphatic heterocycles. The molecule has 0 atom stereocenters. The lowest BCUT2D eigenvalue weighted by atomic mass is 10.2. The molecular formula is C17H27N3O2S. The van der Waals surface area contributed by atoms with Gasteiger partial charge in [-0.2, -0.15) is 0 Å². The highest BCUT2D eigenvalue weighted by atomic mass is 32.1. The third-order valence-corrected chi connectivity index (χ3v) is 4.48. The first-order chi connectivity index (χ1) is 11.2. The molecule has 128 valence electrons. The van der Waals surface area contributed by atoms with E-state index in [-0.39, 0.29) is 0 Å². The van der Waals surface area contributed by atoms with E-state index in [0.29, 0.717) is 0 Å². The van der Waals surface area contributed by atoms with Crippen LogP contribution in [0.3, 0.4) is 0 Å². The monoisotopic (exact) mass is 337 g/mol. The lowest BCUT2D eigenvalue weighted by Crippen LogP contribution is -2.41. The van der Waals surface area contributed by atoms with Gasteiger partial charge in [-0.1, -0.05) is 12.1 Å². The molecule has 1 saturated heterocycles. The van der Waals surface area contributed by atoms with Gasteiger partial charge in [-0.3, -0.25) is 4.90 Å². The van der Waals surface area contributed by atoms with Crippen LogP contribution in [0.5, 0.6) is 5.75 Å². The summed E-state index contributed by atoms with van der Waals surface area (Å²) in [5.41, 5.74) is 1.20. The molecule has 23 heavy (non-hydrogen) atoms. The summed E-state index contributed by atoms with van der Waals surface area (Å²) in [6.45, 7) is 6.59. The Morgan fingerprint density at radius 3 is 2.87 bits per heavy atom. The molecule has 0 aliphatic carbocycles. The zero-order chi connectivity index (χ0) is 16.5. The van der Waals surface area contributed by atoms with Crippen LogP contribution in [-0.2, 0) is 11.3 Å². The normalized spacial score (nSPS) is 15.2. The Hall–Kier alpha value is -1.37. The van der Waals surface area contributed by atoms with E-state index in [0.717, 1.165) is 63.2 Å². The Balaban J connectivity index is 1.87. The summed E-state index contributed by atoms with van der Waals surface area (Å²) < 4.78 is 10.7. The van der Waals surface area contributed by atoms with Crippen LogP contribution in [0.25, 0.3) is 0 Å². The summed E-state index contributed by atoms with van der Waals surface area (Å²) in [7, 11) is 3.57. The van der Waals surface area contributed by atoms with Crippen LogP contribution in [0, 0.1) is 0 Å². The first-order valence-electron chi connectivity index (χ1n) is 8.12. The molecule has 5 nitrogen and oxygen atoms in total. The van der Waals surface area contributed by atoms with E-state index in [1.807, 2.05) is 19.2 Å². The molecule has 0 amide bonds. The minimum absolute atomic E-state index is 0.787. The van der Waals surface area contributed by atoms with Gasteiger partial charge in [0.1, 0.15) is 5.75 Å². The molecule has 0 radical (unpaired) electrons. The third-order valence-electron chi connectivity index (χ3n) is 4.01. The lowest BCUT2D eigenvalue weighted by Gasteiger charge is -2.29. The van der Waals surface area contributed by atoms with Gasteiger partial charge in [0.25, 0.3) is 0 Å². The van der Waals surface area contributed by atoms with Crippen LogP contribution in [0.15, 0.2) is 24.3 Å². The zero-order valence-corrected chi connectivity index (χ0v) is 14.9. The Morgan fingerprint density at radius 1 is 1.39 bits per heavy atom. The molecule has 0 bridgehead atoms. The second-order valence-corrected chi connectivity index (χ2v) is 6.02. The molecule has 0 saturated carbocycles. The highest BCUT2D eigenvalue weighted by Crippen LogP contribution is 2.15. The van der Waals surface area contributed by atoms with Gasteiger partial charge < -0.3 is 19.7 Å². The molecule has 2 rings (SSSR count). The quantitative estimate of drug-likeness (QED) is 0.764. The van der Waals surface area contributed by atoms with Gasteiger partial charge in [0, 0.05) is 39.8 Å². The molecule has 6 heteroatoms. The summed E-state index contributed by atoms with van der Waals surface area (Å²) in [4.78, 5) is 4.67. The van der Waals surface area contributed by atoms with E-state index in [4.69, 9.17) is 21.7 Å². The maximum atomic E-state index is 5.46. The van der Waals surface area contributed by atoms with Crippen LogP contribution < -0.4 is 10.1 Å². The van der Waals surface area contributed by atoms with Gasteiger partial charge in [0.2, 0.25) is 0 Å². The molecule has 0 aromatic heterocycles. The lowest BCUT2D eigenvalue weighted by molar-refractivity contribution is 0.0367. The van der Waals surface area contributed by atoms with Crippen molar-refractivity contribution < 1.29 is 9.47 Å². The Bertz CT molecular complexity index is 492. The summed E-state index contributed by atoms with van der Waals surface area (Å²) in [5, 5.41) is 3.88. The first kappa shape index (κ1) is 18.0. The molecule has 1 aromatic rings. The van der Waals surface area contributed by atoms with Crippen molar-refractivity contribution in [3.05, 3.63) is 29.8 Å². The standard InChI is InChI=1S/C17H27N3O2S/c1-18-17(23)20(8-4-7-19-9-11-22-12-10-19)14-15-5-3-6-16(13-15)21-2/h3,5-6,13H,4,7-12,14H2,1-2H3,(H,18,23). The largest absolute Gasteiger partial charge is 0.497 e. The summed E-state index contributed by atoms with van der Waals surface area (Å²) in [5.74, 6) is 0.881. The number of rotatable bonds is 7. The molecule has 1 N–H and O–H groups in total. The second kappa shape index (κ2) is 9.70. The van der Waals surface area contributed by atoms with Gasteiger partial charge >= 0.3 is 0 Å². The number of methoxy groups -OCH3 is 1. The highest BCUT2D eigenvalue weighted by molar-refractivity contribution is 7.80. The van der Waals surface area contributed by atoms with Gasteiger partial charge in [-0.25, -0.2) is 0 Å². The number of morpholine rings is 1. The van der Waals surface area contributed by atoms with Crippen molar-refractivity contribution in [1.29, 1.82) is 0 Å². The Kier molecular flexibility index (Phi) is 7.58. The summed E-state index contributed by atoms with van der Waals surface area (Å²) >= 11 is 5.46. The van der Waals surface area contributed by atoms with E-state index in [1.165, 1.54) is 5.56 Å². The molecule has 1 heterocycles. The number of ether oxygens (including phenoxy) is 2. The Labute approximate surface area is 144 Å². The van der Waals surface area contributed by atoms with Gasteiger partial charge in [-0.05, 0) is 36.3 Å². The number of nitrogens with one attached hydrogen (secondary N) is 1. The number of thiocarbonyl (C=S) groups is 1. The second-order valence-electron chi connectivity index (χ2n) is 5.64. The van der Waals surface area contributed by atoms with Crippen molar-refractivity contribution in [2.24, 2.45) is 0 Å². The maximum absolute atomic E-state index is 5.46. The van der Waals surface area contributed by atoms with Crippen LogP contribution in [-0.4, -0.2) is 68.5 Å². The van der Waals surface area contributed by atoms with Crippen molar-refractivity contribution in [2.75, 3.05) is 53.6 Å². The van der Waals surface area contributed by atoms with E-state index in [1.54, 1.807) is 7.11 Å². The van der Waals surface area contributed by atoms with Crippen molar-refractivity contribution >= 4 is 17.3 Å². The molecule has 0 spiro atoms. The minimum atomic E-state index is 0.787. The molecule has 1 aromatic carbocycles. The number of hydrogen-bond acceptors (Lipinski definition) is 4. The molecule has 1 fully saturated rings. The smallest absolute Gasteiger partial charge is 0.168 e. The SMILES string of the molecule is CNC(=S)N(CCCN1CCOCC1)Cc1cccc(OC)c1.